The highest BCUT2D eigenvalue weighted by Crippen LogP contribution is 2.21. The summed E-state index contributed by atoms with van der Waals surface area (Å²) in [5.41, 5.74) is 7.38. The van der Waals surface area contributed by atoms with Gasteiger partial charge in [0.2, 0.25) is 0 Å². The Morgan fingerprint density at radius 3 is 2.78 bits per heavy atom. The van der Waals surface area contributed by atoms with Crippen LogP contribution >= 0.6 is 11.3 Å². The largest absolute Gasteiger partial charge is 0.328 e. The lowest BCUT2D eigenvalue weighted by molar-refractivity contribution is 0.489. The number of nitrogens with two attached hydrogens (primary N) is 1. The minimum absolute atomic E-state index is 0.0774. The Labute approximate surface area is 113 Å². The molecule has 18 heavy (non-hydrogen) atoms. The van der Waals surface area contributed by atoms with Gasteiger partial charge in [0.15, 0.2) is 0 Å². The summed E-state index contributed by atoms with van der Waals surface area (Å²) in [5.74, 6) is 0.604. The third-order valence-electron chi connectivity index (χ3n) is 2.97. The maximum absolute atomic E-state index is 6.24. The van der Waals surface area contributed by atoms with Crippen molar-refractivity contribution in [3.05, 3.63) is 40.1 Å². The fourth-order valence-corrected chi connectivity index (χ4v) is 3.03. The molecule has 0 aromatic carbocycles. The second-order valence-electron chi connectivity index (χ2n) is 5.19. The Balaban J connectivity index is 2.12. The van der Waals surface area contributed by atoms with E-state index in [0.29, 0.717) is 5.92 Å². The molecule has 0 amide bonds. The first-order chi connectivity index (χ1) is 8.56. The Bertz CT molecular complexity index is 499. The van der Waals surface area contributed by atoms with Crippen molar-refractivity contribution in [2.45, 2.75) is 39.8 Å². The van der Waals surface area contributed by atoms with Crippen LogP contribution in [0.25, 0.3) is 0 Å². The third-order valence-corrected chi connectivity index (χ3v) is 3.96. The van der Waals surface area contributed by atoms with Crippen molar-refractivity contribution < 1.29 is 0 Å². The number of nitrogens with zero attached hydrogens (tertiary/aromatic N) is 2. The lowest BCUT2D eigenvalue weighted by Crippen LogP contribution is -2.17. The van der Waals surface area contributed by atoms with Gasteiger partial charge in [-0.25, -0.2) is 4.98 Å². The predicted molar refractivity (Wildman–Crippen MR) is 76.8 cm³/mol. The fraction of sp³-hybridized carbons (Fsp3) is 0.500. The van der Waals surface area contributed by atoms with E-state index in [1.807, 2.05) is 23.9 Å². The molecule has 0 aliphatic rings. The van der Waals surface area contributed by atoms with Gasteiger partial charge in [-0.2, -0.15) is 0 Å². The van der Waals surface area contributed by atoms with Gasteiger partial charge in [-0.15, -0.1) is 11.3 Å². The summed E-state index contributed by atoms with van der Waals surface area (Å²) in [6.45, 7) is 7.40. The molecule has 0 saturated carbocycles. The number of aromatic nitrogens is 2. The summed E-state index contributed by atoms with van der Waals surface area (Å²) >= 11 is 1.83. The molecule has 1 unspecified atom stereocenters. The van der Waals surface area contributed by atoms with Gasteiger partial charge in [-0.1, -0.05) is 13.8 Å². The molecule has 0 saturated heterocycles. The van der Waals surface area contributed by atoms with E-state index in [0.717, 1.165) is 18.7 Å². The number of thiophene rings is 1. The van der Waals surface area contributed by atoms with Crippen LogP contribution in [-0.4, -0.2) is 9.55 Å². The van der Waals surface area contributed by atoms with Crippen molar-refractivity contribution in [1.29, 1.82) is 0 Å². The van der Waals surface area contributed by atoms with Crippen molar-refractivity contribution in [2.24, 2.45) is 11.7 Å². The number of aryl methyl sites for hydroxylation is 1. The van der Waals surface area contributed by atoms with Crippen LogP contribution in [-0.2, 0) is 6.54 Å². The molecule has 2 rings (SSSR count). The first-order valence-corrected chi connectivity index (χ1v) is 7.19. The Morgan fingerprint density at radius 1 is 1.39 bits per heavy atom. The SMILES string of the molecule is Cc1ccc(Cn2cncc2C(N)CC(C)C)s1. The van der Waals surface area contributed by atoms with Crippen LogP contribution in [0.3, 0.4) is 0 Å². The highest BCUT2D eigenvalue weighted by molar-refractivity contribution is 7.11. The van der Waals surface area contributed by atoms with Gasteiger partial charge in [0.05, 0.1) is 18.6 Å². The molecule has 0 radical (unpaired) electrons. The average molecular weight is 263 g/mol. The van der Waals surface area contributed by atoms with E-state index < -0.39 is 0 Å². The molecule has 98 valence electrons. The van der Waals surface area contributed by atoms with Crippen molar-refractivity contribution in [1.82, 2.24) is 9.55 Å². The molecular weight excluding hydrogens is 242 g/mol. The molecule has 0 bridgehead atoms. The molecule has 0 fully saturated rings. The molecule has 0 aliphatic carbocycles. The van der Waals surface area contributed by atoms with Gasteiger partial charge in [-0.05, 0) is 31.4 Å². The van der Waals surface area contributed by atoms with Gasteiger partial charge < -0.3 is 10.3 Å². The standard InChI is InChI=1S/C14H21N3S/c1-10(2)6-13(15)14-7-16-9-17(14)8-12-5-4-11(3)18-12/h4-5,7,9-10,13H,6,8,15H2,1-3H3. The minimum atomic E-state index is 0.0774. The molecule has 0 spiro atoms. The number of imidazole rings is 1. The molecule has 2 aromatic rings. The van der Waals surface area contributed by atoms with Gasteiger partial charge in [0.25, 0.3) is 0 Å². The normalized spacial score (nSPS) is 13.2. The lowest BCUT2D eigenvalue weighted by atomic mass is 10.0. The molecule has 1 atom stereocenters. The maximum Gasteiger partial charge on any atom is 0.0952 e. The average Bonchev–Trinajstić information content (AvgIpc) is 2.87. The van der Waals surface area contributed by atoms with Crippen molar-refractivity contribution in [2.75, 3.05) is 0 Å². The van der Waals surface area contributed by atoms with Gasteiger partial charge in [-0.3, -0.25) is 0 Å². The van der Waals surface area contributed by atoms with Crippen molar-refractivity contribution >= 4 is 11.3 Å². The van der Waals surface area contributed by atoms with Crippen molar-refractivity contribution in [3.63, 3.8) is 0 Å². The second kappa shape index (κ2) is 5.67. The minimum Gasteiger partial charge on any atom is -0.328 e. The summed E-state index contributed by atoms with van der Waals surface area (Å²) in [7, 11) is 0. The van der Waals surface area contributed by atoms with Crippen LogP contribution in [0.4, 0.5) is 0 Å². The first kappa shape index (κ1) is 13.3. The summed E-state index contributed by atoms with van der Waals surface area (Å²) in [5, 5.41) is 0. The van der Waals surface area contributed by atoms with Crippen LogP contribution in [0.2, 0.25) is 0 Å². The first-order valence-electron chi connectivity index (χ1n) is 6.37. The highest BCUT2D eigenvalue weighted by Gasteiger charge is 2.13. The maximum atomic E-state index is 6.24. The van der Waals surface area contributed by atoms with E-state index in [1.165, 1.54) is 9.75 Å². The monoisotopic (exact) mass is 263 g/mol. The van der Waals surface area contributed by atoms with E-state index in [-0.39, 0.29) is 6.04 Å². The van der Waals surface area contributed by atoms with Crippen LogP contribution in [0.1, 0.15) is 41.8 Å². The lowest BCUT2D eigenvalue weighted by Gasteiger charge is -2.16. The second-order valence-corrected chi connectivity index (χ2v) is 6.57. The van der Waals surface area contributed by atoms with Crippen LogP contribution in [0, 0.1) is 12.8 Å². The predicted octanol–water partition coefficient (Wildman–Crippen LogP) is 3.35. The zero-order valence-electron chi connectivity index (χ0n) is 11.3. The van der Waals surface area contributed by atoms with Gasteiger partial charge in [0.1, 0.15) is 0 Å². The van der Waals surface area contributed by atoms with Gasteiger partial charge in [0, 0.05) is 22.0 Å². The van der Waals surface area contributed by atoms with E-state index in [2.05, 4.69) is 42.5 Å². The van der Waals surface area contributed by atoms with Crippen molar-refractivity contribution in [3.8, 4) is 0 Å². The molecule has 0 aliphatic heterocycles. The van der Waals surface area contributed by atoms with E-state index in [4.69, 9.17) is 5.73 Å². The summed E-state index contributed by atoms with van der Waals surface area (Å²) < 4.78 is 2.16. The topological polar surface area (TPSA) is 43.8 Å². The summed E-state index contributed by atoms with van der Waals surface area (Å²) in [6, 6.07) is 4.41. The Hall–Kier alpha value is -1.13. The third kappa shape index (κ3) is 3.21. The molecule has 2 N–H and O–H groups in total. The number of rotatable bonds is 5. The molecule has 2 aromatic heterocycles. The summed E-state index contributed by atoms with van der Waals surface area (Å²) in [6.07, 6.45) is 4.77. The molecular formula is C14H21N3S. The molecule has 4 heteroatoms. The highest BCUT2D eigenvalue weighted by atomic mass is 32.1. The smallest absolute Gasteiger partial charge is 0.0952 e. The number of hydrogen-bond donors (Lipinski definition) is 1. The zero-order chi connectivity index (χ0) is 13.1. The molecule has 2 heterocycles. The van der Waals surface area contributed by atoms with Crippen LogP contribution < -0.4 is 5.73 Å². The van der Waals surface area contributed by atoms with E-state index in [9.17, 15) is 0 Å². The number of hydrogen-bond acceptors (Lipinski definition) is 3. The fourth-order valence-electron chi connectivity index (χ4n) is 2.14. The summed E-state index contributed by atoms with van der Waals surface area (Å²) in [4.78, 5) is 6.94. The quantitative estimate of drug-likeness (QED) is 0.899. The van der Waals surface area contributed by atoms with E-state index >= 15 is 0 Å². The van der Waals surface area contributed by atoms with Gasteiger partial charge >= 0.3 is 0 Å². The Kier molecular flexibility index (Phi) is 4.19. The van der Waals surface area contributed by atoms with Crippen LogP contribution in [0.5, 0.6) is 0 Å². The Morgan fingerprint density at radius 2 is 2.17 bits per heavy atom. The van der Waals surface area contributed by atoms with Crippen LogP contribution in [0.15, 0.2) is 24.7 Å². The molecule has 3 nitrogen and oxygen atoms in total. The zero-order valence-corrected chi connectivity index (χ0v) is 12.1. The van der Waals surface area contributed by atoms with E-state index in [1.54, 1.807) is 0 Å².